The summed E-state index contributed by atoms with van der Waals surface area (Å²) in [5, 5.41) is 3.20. The van der Waals surface area contributed by atoms with Crippen LogP contribution in [0.3, 0.4) is 0 Å². The summed E-state index contributed by atoms with van der Waals surface area (Å²) in [5.74, 6) is -0.240. The van der Waals surface area contributed by atoms with Gasteiger partial charge in [-0.3, -0.25) is 0 Å². The number of methoxy groups -OCH3 is 1. The number of nitrogens with one attached hydrogen (secondary N) is 2. The first-order valence-corrected chi connectivity index (χ1v) is 8.31. The molecule has 1 saturated heterocycles. The molecular weight excluding hydrogens is 328 g/mol. The van der Waals surface area contributed by atoms with Gasteiger partial charge in [0, 0.05) is 6.54 Å². The van der Waals surface area contributed by atoms with Crippen LogP contribution in [0.4, 0.5) is 0 Å². The number of benzene rings is 1. The van der Waals surface area contributed by atoms with Gasteiger partial charge in [-0.2, -0.15) is 0 Å². The summed E-state index contributed by atoms with van der Waals surface area (Å²) in [4.78, 5) is 11.6. The molecule has 6 nitrogen and oxygen atoms in total. The summed E-state index contributed by atoms with van der Waals surface area (Å²) in [5.41, 5.74) is 0.825. The van der Waals surface area contributed by atoms with E-state index in [1.807, 2.05) is 0 Å². The van der Waals surface area contributed by atoms with E-state index in [9.17, 15) is 13.2 Å². The average molecular weight is 349 g/mol. The van der Waals surface area contributed by atoms with Gasteiger partial charge < -0.3 is 10.1 Å². The summed E-state index contributed by atoms with van der Waals surface area (Å²) in [6.45, 7) is 3.84. The molecule has 2 N–H and O–H groups in total. The quantitative estimate of drug-likeness (QED) is 0.778. The van der Waals surface area contributed by atoms with Crippen LogP contribution in [0.15, 0.2) is 23.1 Å². The number of carbonyl (C=O) groups excluding carboxylic acids is 1. The van der Waals surface area contributed by atoms with Crippen LogP contribution in [-0.2, 0) is 14.8 Å². The zero-order valence-corrected chi connectivity index (χ0v) is 14.2. The number of hydrogen-bond donors (Lipinski definition) is 2. The maximum atomic E-state index is 12.4. The van der Waals surface area contributed by atoms with Crippen molar-refractivity contribution in [2.45, 2.75) is 18.2 Å². The lowest BCUT2D eigenvalue weighted by Gasteiger charge is -2.13. The Balaban J connectivity index is 0.00000242. The van der Waals surface area contributed by atoms with Gasteiger partial charge in [-0.05, 0) is 50.0 Å². The Morgan fingerprint density at radius 1 is 1.45 bits per heavy atom. The van der Waals surface area contributed by atoms with Crippen LogP contribution < -0.4 is 10.0 Å². The number of sulfonamides is 1. The van der Waals surface area contributed by atoms with Crippen molar-refractivity contribution in [2.24, 2.45) is 5.92 Å². The van der Waals surface area contributed by atoms with E-state index in [1.54, 1.807) is 19.1 Å². The van der Waals surface area contributed by atoms with Gasteiger partial charge in [0.25, 0.3) is 0 Å². The van der Waals surface area contributed by atoms with Crippen molar-refractivity contribution in [3.63, 3.8) is 0 Å². The topological polar surface area (TPSA) is 84.5 Å². The van der Waals surface area contributed by atoms with Crippen LogP contribution in [0.25, 0.3) is 0 Å². The van der Waals surface area contributed by atoms with Crippen LogP contribution in [0.5, 0.6) is 0 Å². The molecule has 124 valence electrons. The minimum absolute atomic E-state index is 0. The largest absolute Gasteiger partial charge is 0.465 e. The monoisotopic (exact) mass is 348 g/mol. The fourth-order valence-electron chi connectivity index (χ4n) is 2.33. The highest BCUT2D eigenvalue weighted by Gasteiger charge is 2.22. The molecule has 1 heterocycles. The van der Waals surface area contributed by atoms with Gasteiger partial charge in [-0.25, -0.2) is 17.9 Å². The second-order valence-corrected chi connectivity index (χ2v) is 6.92. The van der Waals surface area contributed by atoms with E-state index in [1.165, 1.54) is 13.2 Å². The van der Waals surface area contributed by atoms with Gasteiger partial charge in [-0.1, -0.05) is 6.07 Å². The molecule has 1 atom stereocenters. The van der Waals surface area contributed by atoms with Crippen molar-refractivity contribution in [3.05, 3.63) is 29.3 Å². The van der Waals surface area contributed by atoms with Gasteiger partial charge in [0.2, 0.25) is 10.0 Å². The molecule has 8 heteroatoms. The van der Waals surface area contributed by atoms with Crippen molar-refractivity contribution in [1.82, 2.24) is 10.0 Å². The third-order valence-corrected chi connectivity index (χ3v) is 5.19. The zero-order valence-electron chi connectivity index (χ0n) is 12.6. The summed E-state index contributed by atoms with van der Waals surface area (Å²) >= 11 is 0. The van der Waals surface area contributed by atoms with Gasteiger partial charge in [0.15, 0.2) is 0 Å². The Morgan fingerprint density at radius 2 is 2.18 bits per heavy atom. The summed E-state index contributed by atoms with van der Waals surface area (Å²) in [6, 6.07) is 4.52. The van der Waals surface area contributed by atoms with Gasteiger partial charge in [0.05, 0.1) is 17.6 Å². The van der Waals surface area contributed by atoms with Gasteiger partial charge in [0.1, 0.15) is 0 Å². The minimum atomic E-state index is -3.63. The van der Waals surface area contributed by atoms with Crippen molar-refractivity contribution in [3.8, 4) is 0 Å². The van der Waals surface area contributed by atoms with Crippen molar-refractivity contribution < 1.29 is 17.9 Å². The number of halogens is 1. The van der Waals surface area contributed by atoms with Crippen molar-refractivity contribution in [1.29, 1.82) is 0 Å². The zero-order chi connectivity index (χ0) is 15.5. The number of esters is 1. The summed E-state index contributed by atoms with van der Waals surface area (Å²) in [6.07, 6.45) is 0.962. The highest BCUT2D eigenvalue weighted by Crippen LogP contribution is 2.18. The van der Waals surface area contributed by atoms with Crippen molar-refractivity contribution in [2.75, 3.05) is 26.7 Å². The first-order chi connectivity index (χ1) is 9.94. The fourth-order valence-corrected chi connectivity index (χ4v) is 3.71. The van der Waals surface area contributed by atoms with E-state index in [-0.39, 0.29) is 22.9 Å². The molecule has 0 aromatic heterocycles. The molecule has 1 aliphatic heterocycles. The molecule has 1 aromatic carbocycles. The molecule has 2 rings (SSSR count). The van der Waals surface area contributed by atoms with E-state index < -0.39 is 16.0 Å². The first kappa shape index (κ1) is 18.9. The maximum absolute atomic E-state index is 12.4. The molecule has 0 amide bonds. The molecule has 22 heavy (non-hydrogen) atoms. The van der Waals surface area contributed by atoms with E-state index >= 15 is 0 Å². The van der Waals surface area contributed by atoms with Crippen LogP contribution in [0, 0.1) is 12.8 Å². The van der Waals surface area contributed by atoms with Gasteiger partial charge >= 0.3 is 5.97 Å². The molecule has 0 bridgehead atoms. The van der Waals surface area contributed by atoms with E-state index in [0.717, 1.165) is 19.5 Å². The van der Waals surface area contributed by atoms with Gasteiger partial charge in [-0.15, -0.1) is 12.4 Å². The lowest BCUT2D eigenvalue weighted by atomic mass is 10.1. The second-order valence-electron chi connectivity index (χ2n) is 5.18. The number of hydrogen-bond acceptors (Lipinski definition) is 5. The smallest absolute Gasteiger partial charge is 0.337 e. The van der Waals surface area contributed by atoms with Crippen LogP contribution in [0.2, 0.25) is 0 Å². The third kappa shape index (κ3) is 4.42. The Morgan fingerprint density at radius 3 is 2.77 bits per heavy atom. The molecule has 1 fully saturated rings. The van der Waals surface area contributed by atoms with Crippen LogP contribution in [-0.4, -0.2) is 41.1 Å². The fraction of sp³-hybridized carbons (Fsp3) is 0.500. The summed E-state index contributed by atoms with van der Waals surface area (Å²) < 4.78 is 32.0. The van der Waals surface area contributed by atoms with Crippen LogP contribution >= 0.6 is 12.4 Å². The van der Waals surface area contributed by atoms with E-state index in [2.05, 4.69) is 14.8 Å². The standard InChI is InChI=1S/C14H20N2O4S.ClH/c1-10-3-4-12(14(17)20-2)7-13(10)21(18,19)16-9-11-5-6-15-8-11;/h3-4,7,11,15-16H,5-6,8-9H2,1-2H3;1H. The molecule has 0 spiro atoms. The highest BCUT2D eigenvalue weighted by atomic mass is 35.5. The summed E-state index contributed by atoms with van der Waals surface area (Å²) in [7, 11) is -2.36. The average Bonchev–Trinajstić information content (AvgIpc) is 2.98. The lowest BCUT2D eigenvalue weighted by Crippen LogP contribution is -2.31. The highest BCUT2D eigenvalue weighted by molar-refractivity contribution is 7.89. The number of carbonyl (C=O) groups is 1. The number of aryl methyl sites for hydroxylation is 1. The number of rotatable bonds is 5. The Kier molecular flexibility index (Phi) is 6.80. The van der Waals surface area contributed by atoms with Crippen molar-refractivity contribution >= 4 is 28.4 Å². The predicted molar refractivity (Wildman–Crippen MR) is 85.9 cm³/mol. The lowest BCUT2D eigenvalue weighted by molar-refractivity contribution is 0.0600. The Bertz CT molecular complexity index is 628. The van der Waals surface area contributed by atoms with E-state index in [4.69, 9.17) is 0 Å². The Labute approximate surface area is 137 Å². The van der Waals surface area contributed by atoms with E-state index in [0.29, 0.717) is 18.0 Å². The second kappa shape index (κ2) is 7.92. The first-order valence-electron chi connectivity index (χ1n) is 6.83. The predicted octanol–water partition coefficient (Wildman–Crippen LogP) is 1.09. The Hall–Kier alpha value is -1.15. The minimum Gasteiger partial charge on any atom is -0.465 e. The normalized spacial score (nSPS) is 17.8. The molecule has 0 aliphatic carbocycles. The SMILES string of the molecule is COC(=O)c1ccc(C)c(S(=O)(=O)NCC2CCNC2)c1.Cl. The molecule has 0 radical (unpaired) electrons. The number of ether oxygens (including phenoxy) is 1. The molecule has 1 unspecified atom stereocenters. The maximum Gasteiger partial charge on any atom is 0.337 e. The third-order valence-electron chi connectivity index (χ3n) is 3.62. The van der Waals surface area contributed by atoms with Crippen LogP contribution in [0.1, 0.15) is 22.3 Å². The molecule has 1 aromatic rings. The molecule has 0 saturated carbocycles. The molecular formula is C14H21ClN2O4S. The molecule has 1 aliphatic rings.